The van der Waals surface area contributed by atoms with E-state index in [9.17, 15) is 4.79 Å². The fourth-order valence-electron chi connectivity index (χ4n) is 3.61. The van der Waals surface area contributed by atoms with E-state index in [1.807, 2.05) is 24.3 Å². The first-order valence-electron chi connectivity index (χ1n) is 9.89. The van der Waals surface area contributed by atoms with Crippen LogP contribution >= 0.6 is 27.3 Å². The van der Waals surface area contributed by atoms with E-state index in [-0.39, 0.29) is 5.91 Å². The average molecular weight is 473 g/mol. The van der Waals surface area contributed by atoms with E-state index in [0.29, 0.717) is 12.1 Å². The molecule has 1 aliphatic heterocycles. The number of nitrogens with one attached hydrogen (secondary N) is 1. The fourth-order valence-corrected chi connectivity index (χ4v) is 5.24. The van der Waals surface area contributed by atoms with Crippen LogP contribution in [0, 0.1) is 13.8 Å². The number of hydrogen-bond acceptors (Lipinski definition) is 5. The van der Waals surface area contributed by atoms with Crippen molar-refractivity contribution >= 4 is 48.5 Å². The molecule has 152 valence electrons. The summed E-state index contributed by atoms with van der Waals surface area (Å²) in [4.78, 5) is 22.0. The largest absolute Gasteiger partial charge is 0.351 e. The van der Waals surface area contributed by atoms with E-state index in [2.05, 4.69) is 57.0 Å². The zero-order chi connectivity index (χ0) is 20.4. The van der Waals surface area contributed by atoms with Crippen molar-refractivity contribution < 1.29 is 4.79 Å². The molecule has 2 heterocycles. The minimum atomic E-state index is -0.0312. The lowest BCUT2D eigenvalue weighted by Crippen LogP contribution is -2.48. The van der Waals surface area contributed by atoms with Crippen molar-refractivity contribution in [1.82, 2.24) is 15.2 Å². The molecule has 2 aromatic carbocycles. The molecule has 0 saturated carbocycles. The fraction of sp³-hybridized carbons (Fsp3) is 0.364. The molecule has 1 fully saturated rings. The Bertz CT molecular complexity index is 988. The second-order valence-corrected chi connectivity index (χ2v) is 9.27. The predicted molar refractivity (Wildman–Crippen MR) is 124 cm³/mol. The van der Waals surface area contributed by atoms with Gasteiger partial charge >= 0.3 is 0 Å². The average Bonchev–Trinajstić information content (AvgIpc) is 3.18. The van der Waals surface area contributed by atoms with Crippen LogP contribution in [0.5, 0.6) is 0 Å². The number of aryl methyl sites for hydroxylation is 2. The standard InChI is InChI=1S/C22H25BrN4OS/c1-15-7-8-16(2)20-19(15)25-22(29-20)27-13-11-26(12-14-27)10-9-24-21(28)17-5-3-4-6-18(17)23/h3-8H,9-14H2,1-2H3,(H,24,28). The Morgan fingerprint density at radius 3 is 2.55 bits per heavy atom. The maximum atomic E-state index is 12.3. The third kappa shape index (κ3) is 4.47. The second-order valence-electron chi connectivity index (χ2n) is 7.44. The van der Waals surface area contributed by atoms with Gasteiger partial charge in [0.15, 0.2) is 5.13 Å². The number of carbonyl (C=O) groups excluding carboxylic acids is 1. The monoisotopic (exact) mass is 472 g/mol. The number of hydrogen-bond donors (Lipinski definition) is 1. The lowest BCUT2D eigenvalue weighted by atomic mass is 10.1. The number of halogens is 1. The number of fused-ring (bicyclic) bond motifs is 1. The van der Waals surface area contributed by atoms with Gasteiger partial charge in [0.25, 0.3) is 5.91 Å². The van der Waals surface area contributed by atoms with E-state index < -0.39 is 0 Å². The first-order valence-corrected chi connectivity index (χ1v) is 11.5. The smallest absolute Gasteiger partial charge is 0.252 e. The molecule has 1 amide bonds. The molecule has 4 rings (SSSR count). The highest BCUT2D eigenvalue weighted by Crippen LogP contribution is 2.33. The molecular formula is C22H25BrN4OS. The van der Waals surface area contributed by atoms with Crippen molar-refractivity contribution in [1.29, 1.82) is 0 Å². The van der Waals surface area contributed by atoms with Crippen LogP contribution in [0.3, 0.4) is 0 Å². The number of nitrogens with zero attached hydrogens (tertiary/aromatic N) is 3. The molecule has 1 aliphatic rings. The van der Waals surface area contributed by atoms with E-state index in [1.54, 1.807) is 11.3 Å². The molecule has 29 heavy (non-hydrogen) atoms. The van der Waals surface area contributed by atoms with Gasteiger partial charge in [-0.1, -0.05) is 35.6 Å². The lowest BCUT2D eigenvalue weighted by molar-refractivity contribution is 0.0947. The third-order valence-electron chi connectivity index (χ3n) is 5.41. The van der Waals surface area contributed by atoms with Crippen molar-refractivity contribution in [3.05, 3.63) is 57.6 Å². The molecule has 0 aliphatic carbocycles. The zero-order valence-corrected chi connectivity index (χ0v) is 19.1. The van der Waals surface area contributed by atoms with Gasteiger partial charge in [0.2, 0.25) is 0 Å². The summed E-state index contributed by atoms with van der Waals surface area (Å²) in [6.07, 6.45) is 0. The first-order chi connectivity index (χ1) is 14.0. The Labute approximate surface area is 183 Å². The van der Waals surface area contributed by atoms with Crippen LogP contribution in [0.1, 0.15) is 21.5 Å². The Hall–Kier alpha value is -1.96. The Morgan fingerprint density at radius 1 is 1.10 bits per heavy atom. The number of thiazole rings is 1. The number of rotatable bonds is 5. The van der Waals surface area contributed by atoms with Gasteiger partial charge in [0.1, 0.15) is 0 Å². The van der Waals surface area contributed by atoms with E-state index in [1.165, 1.54) is 15.8 Å². The summed E-state index contributed by atoms with van der Waals surface area (Å²) in [5.41, 5.74) is 4.36. The summed E-state index contributed by atoms with van der Waals surface area (Å²) in [5, 5.41) is 4.15. The third-order valence-corrected chi connectivity index (χ3v) is 7.35. The van der Waals surface area contributed by atoms with E-state index in [4.69, 9.17) is 4.98 Å². The van der Waals surface area contributed by atoms with Gasteiger partial charge in [-0.2, -0.15) is 0 Å². The Morgan fingerprint density at radius 2 is 1.83 bits per heavy atom. The first kappa shape index (κ1) is 20.3. The Balaban J connectivity index is 1.29. The van der Waals surface area contributed by atoms with Crippen LogP contribution in [0.15, 0.2) is 40.9 Å². The van der Waals surface area contributed by atoms with Crippen molar-refractivity contribution in [3.63, 3.8) is 0 Å². The van der Waals surface area contributed by atoms with Crippen molar-refractivity contribution in [2.24, 2.45) is 0 Å². The van der Waals surface area contributed by atoms with Crippen LogP contribution in [0.2, 0.25) is 0 Å². The van der Waals surface area contributed by atoms with Gasteiger partial charge < -0.3 is 10.2 Å². The molecule has 0 bridgehead atoms. The number of aromatic nitrogens is 1. The Kier molecular flexibility index (Phi) is 6.18. The van der Waals surface area contributed by atoms with Crippen LogP contribution in [0.25, 0.3) is 10.2 Å². The normalized spacial score (nSPS) is 15.1. The zero-order valence-electron chi connectivity index (χ0n) is 16.7. The highest BCUT2D eigenvalue weighted by molar-refractivity contribution is 9.10. The molecule has 1 aromatic heterocycles. The number of benzene rings is 2. The predicted octanol–water partition coefficient (Wildman–Crippen LogP) is 4.23. The molecule has 1 N–H and O–H groups in total. The molecule has 3 aromatic rings. The van der Waals surface area contributed by atoms with E-state index >= 15 is 0 Å². The van der Waals surface area contributed by atoms with E-state index in [0.717, 1.165) is 47.8 Å². The highest BCUT2D eigenvalue weighted by Gasteiger charge is 2.20. The SMILES string of the molecule is Cc1ccc(C)c2sc(N3CCN(CCNC(=O)c4ccccc4Br)CC3)nc12. The van der Waals surface area contributed by atoms with Crippen LogP contribution < -0.4 is 10.2 Å². The summed E-state index contributed by atoms with van der Waals surface area (Å²) < 4.78 is 2.13. The number of carbonyl (C=O) groups is 1. The maximum Gasteiger partial charge on any atom is 0.252 e. The van der Waals surface area contributed by atoms with Gasteiger partial charge in [0, 0.05) is 43.7 Å². The van der Waals surface area contributed by atoms with Gasteiger partial charge in [-0.3, -0.25) is 9.69 Å². The van der Waals surface area contributed by atoms with Crippen LogP contribution in [0.4, 0.5) is 5.13 Å². The highest BCUT2D eigenvalue weighted by atomic mass is 79.9. The van der Waals surface area contributed by atoms with Crippen molar-refractivity contribution in [2.45, 2.75) is 13.8 Å². The maximum absolute atomic E-state index is 12.3. The molecule has 1 saturated heterocycles. The van der Waals surface area contributed by atoms with Crippen molar-refractivity contribution in [3.8, 4) is 0 Å². The summed E-state index contributed by atoms with van der Waals surface area (Å²) >= 11 is 5.24. The summed E-state index contributed by atoms with van der Waals surface area (Å²) in [6, 6.07) is 11.8. The molecule has 0 spiro atoms. The lowest BCUT2D eigenvalue weighted by Gasteiger charge is -2.34. The van der Waals surface area contributed by atoms with Crippen molar-refractivity contribution in [2.75, 3.05) is 44.2 Å². The summed E-state index contributed by atoms with van der Waals surface area (Å²) in [7, 11) is 0. The van der Waals surface area contributed by atoms with Gasteiger partial charge in [0.05, 0.1) is 15.8 Å². The van der Waals surface area contributed by atoms with Gasteiger partial charge in [-0.15, -0.1) is 0 Å². The number of piperazine rings is 1. The molecule has 0 unspecified atom stereocenters. The molecule has 5 nitrogen and oxygen atoms in total. The topological polar surface area (TPSA) is 48.5 Å². The number of anilines is 1. The van der Waals surface area contributed by atoms with Gasteiger partial charge in [-0.05, 0) is 53.0 Å². The van der Waals surface area contributed by atoms with Gasteiger partial charge in [-0.25, -0.2) is 4.98 Å². The molecule has 7 heteroatoms. The number of amides is 1. The minimum Gasteiger partial charge on any atom is -0.351 e. The summed E-state index contributed by atoms with van der Waals surface area (Å²) in [6.45, 7) is 9.71. The molecule has 0 radical (unpaired) electrons. The van der Waals surface area contributed by atoms with Crippen LogP contribution in [-0.4, -0.2) is 55.1 Å². The quantitative estimate of drug-likeness (QED) is 0.603. The second kappa shape index (κ2) is 8.81. The minimum absolute atomic E-state index is 0.0312. The molecular weight excluding hydrogens is 448 g/mol. The summed E-state index contributed by atoms with van der Waals surface area (Å²) in [5.74, 6) is -0.0312. The van der Waals surface area contributed by atoms with Crippen LogP contribution in [-0.2, 0) is 0 Å². The molecule has 0 atom stereocenters.